The number of hydrogen-bond acceptors (Lipinski definition) is 3. The first-order valence-electron chi connectivity index (χ1n) is 11.8. The summed E-state index contributed by atoms with van der Waals surface area (Å²) >= 11 is 3.72. The zero-order valence-corrected chi connectivity index (χ0v) is 22.9. The predicted octanol–water partition coefficient (Wildman–Crippen LogP) is 6.25. The minimum atomic E-state index is 0.509. The second-order valence-corrected chi connectivity index (χ2v) is 9.26. The molecule has 0 saturated carbocycles. The lowest BCUT2D eigenvalue weighted by atomic mass is 10.2. The first-order valence-corrected chi connectivity index (χ1v) is 12.6. The van der Waals surface area contributed by atoms with E-state index in [2.05, 4.69) is 88.8 Å². The van der Waals surface area contributed by atoms with Crippen LogP contribution in [0.15, 0.2) is 51.1 Å². The number of halogens is 1. The third-order valence-corrected chi connectivity index (χ3v) is 7.00. The van der Waals surface area contributed by atoms with Gasteiger partial charge in [0.25, 0.3) is 0 Å². The molecule has 2 heterocycles. The van der Waals surface area contributed by atoms with Crippen LogP contribution in [0.5, 0.6) is 0 Å². The van der Waals surface area contributed by atoms with Crippen LogP contribution in [-0.2, 0) is 13.6 Å². The summed E-state index contributed by atoms with van der Waals surface area (Å²) in [6.07, 6.45) is 6.85. The number of guanidine groups is 1. The van der Waals surface area contributed by atoms with Crippen LogP contribution in [0.4, 0.5) is 5.69 Å². The first kappa shape index (κ1) is 25.9. The summed E-state index contributed by atoms with van der Waals surface area (Å²) in [5, 5.41) is 9.24. The van der Waals surface area contributed by atoms with Gasteiger partial charge >= 0.3 is 0 Å². The van der Waals surface area contributed by atoms with Gasteiger partial charge < -0.3 is 9.88 Å². The highest BCUT2D eigenvalue weighted by Crippen LogP contribution is 2.31. The zero-order valence-electron chi connectivity index (χ0n) is 21.4. The molecule has 0 atom stereocenters. The molecule has 1 aromatic carbocycles. The fourth-order valence-electron chi connectivity index (χ4n) is 3.90. The van der Waals surface area contributed by atoms with E-state index in [0.29, 0.717) is 5.96 Å². The maximum absolute atomic E-state index is 4.77. The highest BCUT2D eigenvalue weighted by molar-refractivity contribution is 9.10. The molecule has 3 aromatic rings. The van der Waals surface area contributed by atoms with E-state index >= 15 is 0 Å². The average Bonchev–Trinajstić information content (AvgIpc) is 3.29. The number of fused-ring (bicyclic) bond motifs is 1. The molecule has 2 aromatic heterocycles. The second-order valence-electron chi connectivity index (χ2n) is 8.46. The van der Waals surface area contributed by atoms with Gasteiger partial charge in [-0.2, -0.15) is 10.1 Å². The number of aliphatic imine (C=N–C) groups is 2. The summed E-state index contributed by atoms with van der Waals surface area (Å²) < 4.78 is 5.12. The molecular weight excluding hydrogens is 490 g/mol. The van der Waals surface area contributed by atoms with E-state index in [4.69, 9.17) is 10.1 Å². The number of nitrogens with one attached hydrogen (secondary N) is 1. The number of aryl methyl sites for hydroxylation is 2. The molecule has 0 aliphatic rings. The molecule has 0 unspecified atom stereocenters. The number of benzene rings is 1. The molecule has 1 N–H and O–H groups in total. The van der Waals surface area contributed by atoms with Gasteiger partial charge in [0.05, 0.1) is 5.69 Å². The Morgan fingerprint density at radius 2 is 2.03 bits per heavy atom. The number of anilines is 1. The molecule has 0 aliphatic heterocycles. The van der Waals surface area contributed by atoms with Gasteiger partial charge in [0.15, 0.2) is 0 Å². The van der Waals surface area contributed by atoms with Crippen molar-refractivity contribution >= 4 is 44.3 Å². The Bertz CT molecular complexity index is 1230. The summed E-state index contributed by atoms with van der Waals surface area (Å²) in [5.41, 5.74) is 5.53. The highest BCUT2D eigenvalue weighted by atomic mass is 79.9. The number of nitrogens with zero attached hydrogens (tertiary/aromatic N) is 6. The van der Waals surface area contributed by atoms with Crippen molar-refractivity contribution < 1.29 is 0 Å². The molecule has 0 fully saturated rings. The van der Waals surface area contributed by atoms with Crippen molar-refractivity contribution in [1.29, 1.82) is 0 Å². The molecule has 3 rings (SSSR count). The van der Waals surface area contributed by atoms with Crippen LogP contribution >= 0.6 is 15.9 Å². The fourth-order valence-corrected chi connectivity index (χ4v) is 4.48. The van der Waals surface area contributed by atoms with E-state index in [1.807, 2.05) is 30.7 Å². The zero-order chi connectivity index (χ0) is 24.8. The van der Waals surface area contributed by atoms with E-state index in [-0.39, 0.29) is 0 Å². The second kappa shape index (κ2) is 11.6. The smallest absolute Gasteiger partial charge is 0.228 e. The van der Waals surface area contributed by atoms with Gasteiger partial charge in [-0.1, -0.05) is 19.9 Å². The van der Waals surface area contributed by atoms with Crippen LogP contribution in [0.3, 0.4) is 0 Å². The standard InChI is InChI=1S/C26H36BrN7/c1-8-13-28-26(30-22-11-12-24-23(15-22)25(27)19(5)32(24)7)29-20(6)34-17-21(18(4)31-34)16-33(10-3)14-9-2/h8,11-13,15,17H,9-10,14,16H2,1-7H3,(H,28,30)/b13-8-,29-20+. The Kier molecular flexibility index (Phi) is 8.85. The summed E-state index contributed by atoms with van der Waals surface area (Å²) in [7, 11) is 2.07. The number of hydrogen-bond donors (Lipinski definition) is 1. The monoisotopic (exact) mass is 525 g/mol. The third kappa shape index (κ3) is 5.85. The Morgan fingerprint density at radius 3 is 2.71 bits per heavy atom. The topological polar surface area (TPSA) is 62.7 Å². The Balaban J connectivity index is 1.88. The van der Waals surface area contributed by atoms with Gasteiger partial charge in [-0.15, -0.1) is 0 Å². The average molecular weight is 527 g/mol. The molecule has 0 spiro atoms. The molecule has 0 aliphatic carbocycles. The van der Waals surface area contributed by atoms with Crippen LogP contribution in [0.2, 0.25) is 0 Å². The lowest BCUT2D eigenvalue weighted by Crippen LogP contribution is -2.23. The van der Waals surface area contributed by atoms with E-state index in [0.717, 1.165) is 53.1 Å². The van der Waals surface area contributed by atoms with Gasteiger partial charge in [-0.25, -0.2) is 9.67 Å². The number of rotatable bonds is 7. The largest absolute Gasteiger partial charge is 0.347 e. The lowest BCUT2D eigenvalue weighted by molar-refractivity contribution is 0.280. The quantitative estimate of drug-likeness (QED) is 0.292. The van der Waals surface area contributed by atoms with Gasteiger partial charge in [-0.3, -0.25) is 4.90 Å². The van der Waals surface area contributed by atoms with Crippen molar-refractivity contribution in [2.24, 2.45) is 17.0 Å². The van der Waals surface area contributed by atoms with Crippen molar-refractivity contribution in [3.8, 4) is 0 Å². The van der Waals surface area contributed by atoms with Gasteiger partial charge in [-0.05, 0) is 81.3 Å². The predicted molar refractivity (Wildman–Crippen MR) is 148 cm³/mol. The lowest BCUT2D eigenvalue weighted by Gasteiger charge is -2.18. The normalized spacial score (nSPS) is 13.1. The van der Waals surface area contributed by atoms with E-state index in [1.165, 1.54) is 16.8 Å². The van der Waals surface area contributed by atoms with Crippen LogP contribution in [0, 0.1) is 13.8 Å². The molecular formula is C26H36BrN7. The Labute approximate surface area is 211 Å². The Morgan fingerprint density at radius 1 is 1.26 bits per heavy atom. The summed E-state index contributed by atoms with van der Waals surface area (Å²) in [5.74, 6) is 1.26. The van der Waals surface area contributed by atoms with Gasteiger partial charge in [0.1, 0.15) is 5.84 Å². The van der Waals surface area contributed by atoms with Crippen LogP contribution in [0.25, 0.3) is 10.9 Å². The van der Waals surface area contributed by atoms with Gasteiger partial charge in [0, 0.05) is 58.3 Å². The van der Waals surface area contributed by atoms with E-state index in [9.17, 15) is 0 Å². The summed E-state index contributed by atoms with van der Waals surface area (Å²) in [4.78, 5) is 11.7. The molecule has 0 bridgehead atoms. The molecule has 0 amide bonds. The van der Waals surface area contributed by atoms with Gasteiger partial charge in [0.2, 0.25) is 5.96 Å². The molecule has 7 nitrogen and oxygen atoms in total. The minimum absolute atomic E-state index is 0.509. The van der Waals surface area contributed by atoms with E-state index in [1.54, 1.807) is 6.20 Å². The summed E-state index contributed by atoms with van der Waals surface area (Å²) in [6.45, 7) is 15.5. The fraction of sp³-hybridized carbons (Fsp3) is 0.423. The van der Waals surface area contributed by atoms with Crippen molar-refractivity contribution in [2.45, 2.75) is 54.5 Å². The molecule has 182 valence electrons. The SMILES string of the molecule is C\C=C/N=C(\N=C(/C)n1cc(CN(CC)CCC)c(C)n1)Nc1ccc2c(c1)c(Br)c(C)n2C. The highest BCUT2D eigenvalue weighted by Gasteiger charge is 2.13. The Hall–Kier alpha value is -2.71. The van der Waals surface area contributed by atoms with Crippen molar-refractivity contribution in [2.75, 3.05) is 18.4 Å². The molecule has 0 saturated heterocycles. The number of aromatic nitrogens is 3. The molecule has 8 heteroatoms. The first-order chi connectivity index (χ1) is 16.3. The maximum Gasteiger partial charge on any atom is 0.228 e. The minimum Gasteiger partial charge on any atom is -0.347 e. The number of allylic oxidation sites excluding steroid dienone is 1. The maximum atomic E-state index is 4.77. The molecule has 0 radical (unpaired) electrons. The third-order valence-electron chi connectivity index (χ3n) is 6.00. The molecule has 34 heavy (non-hydrogen) atoms. The van der Waals surface area contributed by atoms with Crippen LogP contribution in [-0.4, -0.2) is 44.1 Å². The van der Waals surface area contributed by atoms with Crippen LogP contribution in [0.1, 0.15) is 51.1 Å². The van der Waals surface area contributed by atoms with Crippen LogP contribution < -0.4 is 5.32 Å². The summed E-state index contributed by atoms with van der Waals surface area (Å²) in [6, 6.07) is 6.28. The van der Waals surface area contributed by atoms with E-state index < -0.39 is 0 Å². The van der Waals surface area contributed by atoms with Crippen molar-refractivity contribution in [1.82, 2.24) is 19.2 Å². The van der Waals surface area contributed by atoms with Crippen molar-refractivity contribution in [3.63, 3.8) is 0 Å². The van der Waals surface area contributed by atoms with Crippen molar-refractivity contribution in [3.05, 3.63) is 58.1 Å².